The van der Waals surface area contributed by atoms with Gasteiger partial charge in [0.2, 0.25) is 0 Å². The van der Waals surface area contributed by atoms with Crippen molar-refractivity contribution in [2.24, 2.45) is 5.92 Å². The standard InChI is InChI=1S/C13H16FN/c14-12-6-8-13(9-7-12)15-10-11-4-2-1-3-5-11/h1-2,6-9,11,15H,3-5,10H2/t11-/m0/s1. The lowest BCUT2D eigenvalue weighted by Gasteiger charge is -2.18. The van der Waals surface area contributed by atoms with Crippen LogP contribution in [-0.4, -0.2) is 6.54 Å². The molecule has 2 rings (SSSR count). The van der Waals surface area contributed by atoms with E-state index in [1.54, 1.807) is 12.1 Å². The fraction of sp³-hybridized carbons (Fsp3) is 0.385. The lowest BCUT2D eigenvalue weighted by atomic mass is 9.94. The van der Waals surface area contributed by atoms with E-state index >= 15 is 0 Å². The summed E-state index contributed by atoms with van der Waals surface area (Å²) in [5, 5.41) is 3.34. The van der Waals surface area contributed by atoms with Crippen LogP contribution < -0.4 is 5.32 Å². The number of rotatable bonds is 3. The van der Waals surface area contributed by atoms with Crippen molar-refractivity contribution in [3.05, 3.63) is 42.2 Å². The lowest BCUT2D eigenvalue weighted by molar-refractivity contribution is 0.504. The molecule has 15 heavy (non-hydrogen) atoms. The Balaban J connectivity index is 1.82. The molecule has 0 radical (unpaired) electrons. The van der Waals surface area contributed by atoms with Gasteiger partial charge < -0.3 is 5.32 Å². The Labute approximate surface area is 90.0 Å². The second-order valence-electron chi connectivity index (χ2n) is 4.04. The summed E-state index contributed by atoms with van der Waals surface area (Å²) < 4.78 is 12.6. The van der Waals surface area contributed by atoms with Gasteiger partial charge in [0, 0.05) is 12.2 Å². The zero-order valence-corrected chi connectivity index (χ0v) is 8.75. The Morgan fingerprint density at radius 2 is 2.00 bits per heavy atom. The SMILES string of the molecule is Fc1ccc(NC[C@H]2CC=CCC2)cc1. The molecule has 1 N–H and O–H groups in total. The fourth-order valence-corrected chi connectivity index (χ4v) is 1.87. The monoisotopic (exact) mass is 205 g/mol. The average molecular weight is 205 g/mol. The number of allylic oxidation sites excluding steroid dienone is 2. The number of hydrogen-bond acceptors (Lipinski definition) is 1. The maximum absolute atomic E-state index is 12.6. The van der Waals surface area contributed by atoms with E-state index in [0.717, 1.165) is 24.6 Å². The number of hydrogen-bond donors (Lipinski definition) is 1. The third-order valence-electron chi connectivity index (χ3n) is 2.82. The largest absolute Gasteiger partial charge is 0.385 e. The maximum Gasteiger partial charge on any atom is 0.123 e. The van der Waals surface area contributed by atoms with E-state index < -0.39 is 0 Å². The molecule has 1 aromatic carbocycles. The molecule has 0 saturated carbocycles. The van der Waals surface area contributed by atoms with Crippen molar-refractivity contribution >= 4 is 5.69 Å². The molecule has 1 atom stereocenters. The summed E-state index contributed by atoms with van der Waals surface area (Å²) in [4.78, 5) is 0. The molecule has 0 aliphatic heterocycles. The lowest BCUT2D eigenvalue weighted by Crippen LogP contribution is -2.15. The van der Waals surface area contributed by atoms with Crippen LogP contribution in [0, 0.1) is 11.7 Å². The third-order valence-corrected chi connectivity index (χ3v) is 2.82. The van der Waals surface area contributed by atoms with E-state index in [2.05, 4.69) is 17.5 Å². The fourth-order valence-electron chi connectivity index (χ4n) is 1.87. The number of anilines is 1. The van der Waals surface area contributed by atoms with Gasteiger partial charge in [-0.05, 0) is 49.4 Å². The minimum absolute atomic E-state index is 0.179. The molecule has 1 aliphatic carbocycles. The van der Waals surface area contributed by atoms with Crippen molar-refractivity contribution in [1.82, 2.24) is 0 Å². The van der Waals surface area contributed by atoms with Gasteiger partial charge in [0.1, 0.15) is 5.82 Å². The Kier molecular flexibility index (Phi) is 3.38. The molecule has 0 saturated heterocycles. The van der Waals surface area contributed by atoms with Crippen LogP contribution in [0.2, 0.25) is 0 Å². The van der Waals surface area contributed by atoms with Crippen LogP contribution in [0.4, 0.5) is 10.1 Å². The highest BCUT2D eigenvalue weighted by Gasteiger charge is 2.08. The molecular formula is C13H16FN. The van der Waals surface area contributed by atoms with Gasteiger partial charge in [-0.25, -0.2) is 4.39 Å². The average Bonchev–Trinajstić information content (AvgIpc) is 2.30. The molecule has 1 aliphatic rings. The zero-order valence-electron chi connectivity index (χ0n) is 8.75. The highest BCUT2D eigenvalue weighted by Crippen LogP contribution is 2.19. The van der Waals surface area contributed by atoms with Crippen LogP contribution in [0.15, 0.2) is 36.4 Å². The maximum atomic E-state index is 12.6. The molecule has 80 valence electrons. The Morgan fingerprint density at radius 1 is 1.20 bits per heavy atom. The van der Waals surface area contributed by atoms with Crippen LogP contribution in [-0.2, 0) is 0 Å². The summed E-state index contributed by atoms with van der Waals surface area (Å²) in [5.74, 6) is 0.543. The zero-order chi connectivity index (χ0) is 10.5. The first-order chi connectivity index (χ1) is 7.34. The first kappa shape index (κ1) is 10.2. The normalized spacial score (nSPS) is 20.2. The number of benzene rings is 1. The van der Waals surface area contributed by atoms with Crippen molar-refractivity contribution in [1.29, 1.82) is 0 Å². The Hall–Kier alpha value is -1.31. The summed E-state index contributed by atoms with van der Waals surface area (Å²) in [6.07, 6.45) is 8.10. The van der Waals surface area contributed by atoms with Crippen molar-refractivity contribution < 1.29 is 4.39 Å². The highest BCUT2D eigenvalue weighted by atomic mass is 19.1. The van der Waals surface area contributed by atoms with Gasteiger partial charge in [-0.15, -0.1) is 0 Å². The van der Waals surface area contributed by atoms with E-state index in [9.17, 15) is 4.39 Å². The third kappa shape index (κ3) is 3.08. The van der Waals surface area contributed by atoms with Crippen LogP contribution in [0.3, 0.4) is 0 Å². The van der Waals surface area contributed by atoms with Gasteiger partial charge in [0.15, 0.2) is 0 Å². The van der Waals surface area contributed by atoms with Crippen molar-refractivity contribution in [3.63, 3.8) is 0 Å². The second-order valence-corrected chi connectivity index (χ2v) is 4.04. The molecule has 0 fully saturated rings. The van der Waals surface area contributed by atoms with E-state index in [1.165, 1.54) is 25.0 Å². The molecule has 0 aromatic heterocycles. The second kappa shape index (κ2) is 4.96. The number of halogens is 1. The van der Waals surface area contributed by atoms with E-state index in [1.807, 2.05) is 0 Å². The first-order valence-corrected chi connectivity index (χ1v) is 5.49. The summed E-state index contributed by atoms with van der Waals surface area (Å²) in [7, 11) is 0. The first-order valence-electron chi connectivity index (χ1n) is 5.49. The van der Waals surface area contributed by atoms with Gasteiger partial charge in [-0.2, -0.15) is 0 Å². The predicted octanol–water partition coefficient (Wildman–Crippen LogP) is 3.59. The highest BCUT2D eigenvalue weighted by molar-refractivity contribution is 5.42. The van der Waals surface area contributed by atoms with Gasteiger partial charge in [-0.3, -0.25) is 0 Å². The van der Waals surface area contributed by atoms with E-state index in [4.69, 9.17) is 0 Å². The summed E-state index contributed by atoms with van der Waals surface area (Å²) >= 11 is 0. The van der Waals surface area contributed by atoms with Crippen LogP contribution >= 0.6 is 0 Å². The van der Waals surface area contributed by atoms with Gasteiger partial charge >= 0.3 is 0 Å². The number of nitrogens with one attached hydrogen (secondary N) is 1. The van der Waals surface area contributed by atoms with Crippen LogP contribution in [0.25, 0.3) is 0 Å². The van der Waals surface area contributed by atoms with E-state index in [0.29, 0.717) is 0 Å². The van der Waals surface area contributed by atoms with Crippen LogP contribution in [0.5, 0.6) is 0 Å². The van der Waals surface area contributed by atoms with E-state index in [-0.39, 0.29) is 5.82 Å². The quantitative estimate of drug-likeness (QED) is 0.743. The molecule has 1 nitrogen and oxygen atoms in total. The van der Waals surface area contributed by atoms with Crippen molar-refractivity contribution in [2.75, 3.05) is 11.9 Å². The molecule has 0 unspecified atom stereocenters. The topological polar surface area (TPSA) is 12.0 Å². The van der Waals surface area contributed by atoms with Crippen molar-refractivity contribution in [2.45, 2.75) is 19.3 Å². The van der Waals surface area contributed by atoms with Crippen molar-refractivity contribution in [3.8, 4) is 0 Å². The summed E-state index contributed by atoms with van der Waals surface area (Å²) in [6, 6.07) is 6.55. The smallest absolute Gasteiger partial charge is 0.123 e. The van der Waals surface area contributed by atoms with Crippen LogP contribution in [0.1, 0.15) is 19.3 Å². The summed E-state index contributed by atoms with van der Waals surface area (Å²) in [6.45, 7) is 0.982. The predicted molar refractivity (Wildman–Crippen MR) is 61.4 cm³/mol. The molecule has 0 spiro atoms. The molecular weight excluding hydrogens is 189 g/mol. The molecule has 0 amide bonds. The van der Waals surface area contributed by atoms with Gasteiger partial charge in [0.25, 0.3) is 0 Å². The molecule has 1 aromatic rings. The molecule has 0 bridgehead atoms. The minimum Gasteiger partial charge on any atom is -0.385 e. The molecule has 0 heterocycles. The minimum atomic E-state index is -0.179. The van der Waals surface area contributed by atoms with Gasteiger partial charge in [-0.1, -0.05) is 12.2 Å². The summed E-state index contributed by atoms with van der Waals surface area (Å²) in [5.41, 5.74) is 1.01. The molecule has 2 heteroatoms. The van der Waals surface area contributed by atoms with Gasteiger partial charge in [0.05, 0.1) is 0 Å². The Bertz CT molecular complexity index is 329. The Morgan fingerprint density at radius 3 is 2.67 bits per heavy atom.